The van der Waals surface area contributed by atoms with E-state index in [-0.39, 0.29) is 30.0 Å². The molecule has 2 aromatic carbocycles. The molecule has 0 aliphatic heterocycles. The normalized spacial score (nSPS) is 13.1. The summed E-state index contributed by atoms with van der Waals surface area (Å²) in [5, 5.41) is 8.59. The molecule has 4 rings (SSSR count). The molecule has 8 nitrogen and oxygen atoms in total. The minimum absolute atomic E-state index is 0.0299. The van der Waals surface area contributed by atoms with E-state index in [0.29, 0.717) is 34.5 Å². The number of anilines is 2. The van der Waals surface area contributed by atoms with Crippen LogP contribution >= 0.6 is 0 Å². The number of urea groups is 1. The number of fused-ring (bicyclic) bond motifs is 1. The van der Waals surface area contributed by atoms with Crippen molar-refractivity contribution < 1.29 is 9.59 Å². The van der Waals surface area contributed by atoms with Gasteiger partial charge in [0, 0.05) is 37.3 Å². The number of amides is 3. The van der Waals surface area contributed by atoms with Crippen LogP contribution < -0.4 is 21.5 Å². The smallest absolute Gasteiger partial charge is 0.318 e. The number of aromatic nitrogens is 2. The number of benzene rings is 2. The monoisotopic (exact) mass is 405 g/mol. The number of para-hydroxylation sites is 1. The molecular formula is C22H23N5O3. The van der Waals surface area contributed by atoms with Crippen LogP contribution in [-0.4, -0.2) is 28.5 Å². The maximum Gasteiger partial charge on any atom is 0.318 e. The van der Waals surface area contributed by atoms with Crippen molar-refractivity contribution in [2.45, 2.75) is 31.7 Å². The standard InChI is InChI=1S/C22H23N5O3/c1-23-22(30)25-15-8-6-14(7-9-15)24-20(28)13-12-19-26-18-5-3-2-4-17(18)21(29)27(19)16-10-11-16/h2-9,16H,10-13H2,1H3,(H,24,28)(H2,23,25,30). The molecule has 0 saturated heterocycles. The molecule has 3 amide bonds. The summed E-state index contributed by atoms with van der Waals surface area (Å²) < 4.78 is 1.76. The van der Waals surface area contributed by atoms with Gasteiger partial charge in [-0.25, -0.2) is 9.78 Å². The molecule has 1 aromatic heterocycles. The largest absolute Gasteiger partial charge is 0.341 e. The minimum atomic E-state index is -0.309. The summed E-state index contributed by atoms with van der Waals surface area (Å²) >= 11 is 0. The predicted octanol–water partition coefficient (Wildman–Crippen LogP) is 3.05. The quantitative estimate of drug-likeness (QED) is 0.586. The third-order valence-electron chi connectivity index (χ3n) is 5.02. The van der Waals surface area contributed by atoms with E-state index in [1.807, 2.05) is 18.2 Å². The zero-order chi connectivity index (χ0) is 21.1. The SMILES string of the molecule is CNC(=O)Nc1ccc(NC(=O)CCc2nc3ccccc3c(=O)n2C2CC2)cc1. The van der Waals surface area contributed by atoms with Crippen molar-refractivity contribution in [2.24, 2.45) is 0 Å². The number of carbonyl (C=O) groups is 2. The number of nitrogens with zero attached hydrogens (tertiary/aromatic N) is 2. The van der Waals surface area contributed by atoms with Gasteiger partial charge < -0.3 is 16.0 Å². The first-order valence-electron chi connectivity index (χ1n) is 9.94. The Labute approximate surface area is 173 Å². The first kappa shape index (κ1) is 19.6. The van der Waals surface area contributed by atoms with Gasteiger partial charge in [-0.15, -0.1) is 0 Å². The molecule has 30 heavy (non-hydrogen) atoms. The van der Waals surface area contributed by atoms with Crippen LogP contribution in [0, 0.1) is 0 Å². The van der Waals surface area contributed by atoms with Crippen molar-refractivity contribution in [3.05, 3.63) is 64.7 Å². The molecule has 1 saturated carbocycles. The molecule has 154 valence electrons. The van der Waals surface area contributed by atoms with Crippen LogP contribution in [0.1, 0.15) is 31.1 Å². The number of carbonyl (C=O) groups excluding carboxylic acids is 2. The lowest BCUT2D eigenvalue weighted by Gasteiger charge is -2.13. The number of hydrogen-bond acceptors (Lipinski definition) is 4. The third kappa shape index (κ3) is 4.32. The Morgan fingerprint density at radius 2 is 1.70 bits per heavy atom. The van der Waals surface area contributed by atoms with Crippen LogP contribution in [0.15, 0.2) is 53.3 Å². The zero-order valence-corrected chi connectivity index (χ0v) is 16.6. The highest BCUT2D eigenvalue weighted by molar-refractivity contribution is 5.92. The summed E-state index contributed by atoms with van der Waals surface area (Å²) in [6, 6.07) is 14.1. The summed E-state index contributed by atoms with van der Waals surface area (Å²) in [6.45, 7) is 0. The molecular weight excluding hydrogens is 382 g/mol. The van der Waals surface area contributed by atoms with Gasteiger partial charge in [-0.2, -0.15) is 0 Å². The van der Waals surface area contributed by atoms with Crippen LogP contribution in [0.2, 0.25) is 0 Å². The predicted molar refractivity (Wildman–Crippen MR) is 116 cm³/mol. The van der Waals surface area contributed by atoms with Crippen molar-refractivity contribution in [1.82, 2.24) is 14.9 Å². The fraction of sp³-hybridized carbons (Fsp3) is 0.273. The van der Waals surface area contributed by atoms with E-state index in [1.54, 1.807) is 34.9 Å². The Hall–Kier alpha value is -3.68. The van der Waals surface area contributed by atoms with E-state index >= 15 is 0 Å². The molecule has 3 N–H and O–H groups in total. The molecule has 1 fully saturated rings. The number of rotatable bonds is 6. The van der Waals surface area contributed by atoms with E-state index in [2.05, 4.69) is 20.9 Å². The molecule has 0 unspecified atom stereocenters. The highest BCUT2D eigenvalue weighted by Crippen LogP contribution is 2.34. The van der Waals surface area contributed by atoms with Crippen LogP contribution in [0.5, 0.6) is 0 Å². The van der Waals surface area contributed by atoms with E-state index in [0.717, 1.165) is 12.8 Å². The summed E-state index contributed by atoms with van der Waals surface area (Å²) in [7, 11) is 1.54. The van der Waals surface area contributed by atoms with Crippen molar-refractivity contribution in [3.63, 3.8) is 0 Å². The Morgan fingerprint density at radius 3 is 2.37 bits per heavy atom. The van der Waals surface area contributed by atoms with Gasteiger partial charge in [0.2, 0.25) is 5.91 Å². The van der Waals surface area contributed by atoms with Gasteiger partial charge in [0.1, 0.15) is 5.82 Å². The van der Waals surface area contributed by atoms with Gasteiger partial charge in [-0.3, -0.25) is 14.2 Å². The second kappa shape index (κ2) is 8.36. The van der Waals surface area contributed by atoms with Gasteiger partial charge in [-0.05, 0) is 49.2 Å². The minimum Gasteiger partial charge on any atom is -0.341 e. The maximum atomic E-state index is 12.9. The van der Waals surface area contributed by atoms with Gasteiger partial charge in [-0.1, -0.05) is 12.1 Å². The van der Waals surface area contributed by atoms with Crippen LogP contribution in [0.3, 0.4) is 0 Å². The summed E-state index contributed by atoms with van der Waals surface area (Å²) in [6.07, 6.45) is 2.54. The van der Waals surface area contributed by atoms with Crippen LogP contribution in [0.4, 0.5) is 16.2 Å². The lowest BCUT2D eigenvalue weighted by atomic mass is 10.2. The van der Waals surface area contributed by atoms with E-state index < -0.39 is 0 Å². The number of nitrogens with one attached hydrogen (secondary N) is 3. The highest BCUT2D eigenvalue weighted by atomic mass is 16.2. The van der Waals surface area contributed by atoms with Gasteiger partial charge in [0.15, 0.2) is 0 Å². The molecule has 1 heterocycles. The van der Waals surface area contributed by atoms with Crippen molar-refractivity contribution in [3.8, 4) is 0 Å². The van der Waals surface area contributed by atoms with Crippen molar-refractivity contribution >= 4 is 34.2 Å². The number of hydrogen-bond donors (Lipinski definition) is 3. The second-order valence-corrected chi connectivity index (χ2v) is 7.28. The molecule has 0 spiro atoms. The molecule has 0 bridgehead atoms. The first-order chi connectivity index (χ1) is 14.5. The first-order valence-corrected chi connectivity index (χ1v) is 9.94. The molecule has 1 aliphatic carbocycles. The Morgan fingerprint density at radius 1 is 1.03 bits per heavy atom. The number of aryl methyl sites for hydroxylation is 1. The summed E-state index contributed by atoms with van der Waals surface area (Å²) in [5.74, 6) is 0.494. The topological polar surface area (TPSA) is 105 Å². The zero-order valence-electron chi connectivity index (χ0n) is 16.6. The van der Waals surface area contributed by atoms with Crippen LogP contribution in [-0.2, 0) is 11.2 Å². The van der Waals surface area contributed by atoms with Crippen molar-refractivity contribution in [1.29, 1.82) is 0 Å². The summed E-state index contributed by atoms with van der Waals surface area (Å²) in [4.78, 5) is 41.3. The van der Waals surface area contributed by atoms with Crippen LogP contribution in [0.25, 0.3) is 10.9 Å². The van der Waals surface area contributed by atoms with Gasteiger partial charge >= 0.3 is 6.03 Å². The van der Waals surface area contributed by atoms with E-state index in [4.69, 9.17) is 0 Å². The molecule has 8 heteroatoms. The fourth-order valence-corrected chi connectivity index (χ4v) is 3.36. The lowest BCUT2D eigenvalue weighted by molar-refractivity contribution is -0.116. The Balaban J connectivity index is 1.44. The second-order valence-electron chi connectivity index (χ2n) is 7.28. The molecule has 0 atom stereocenters. The molecule has 3 aromatic rings. The third-order valence-corrected chi connectivity index (χ3v) is 5.02. The van der Waals surface area contributed by atoms with Gasteiger partial charge in [0.25, 0.3) is 5.56 Å². The average molecular weight is 405 g/mol. The maximum absolute atomic E-state index is 12.9. The van der Waals surface area contributed by atoms with E-state index in [9.17, 15) is 14.4 Å². The lowest BCUT2D eigenvalue weighted by Crippen LogP contribution is -2.25. The van der Waals surface area contributed by atoms with Gasteiger partial charge in [0.05, 0.1) is 10.9 Å². The average Bonchev–Trinajstić information content (AvgIpc) is 3.58. The molecule has 0 radical (unpaired) electrons. The van der Waals surface area contributed by atoms with E-state index in [1.165, 1.54) is 7.05 Å². The fourth-order valence-electron chi connectivity index (χ4n) is 3.36. The summed E-state index contributed by atoms with van der Waals surface area (Å²) in [5.41, 5.74) is 1.89. The van der Waals surface area contributed by atoms with Crippen molar-refractivity contribution in [2.75, 3.05) is 17.7 Å². The Bertz CT molecular complexity index is 1150. The Kier molecular flexibility index (Phi) is 5.47. The molecule has 1 aliphatic rings. The highest BCUT2D eigenvalue weighted by Gasteiger charge is 2.28.